The first-order valence-electron chi connectivity index (χ1n) is 10.4. The standard InChI is InChI=1S/C26H23FN4O/c27-24-10-4-8-20(16-24)13-15-29-25(32)12-11-23-19-31(18-21-6-2-1-3-7-21)30-26(23)22-9-5-14-28-17-22/h1-12,14,16-17,19H,13,15,18H2,(H,29,32). The van der Waals surface area contributed by atoms with E-state index < -0.39 is 0 Å². The van der Waals surface area contributed by atoms with E-state index in [9.17, 15) is 9.18 Å². The highest BCUT2D eigenvalue weighted by molar-refractivity contribution is 5.92. The van der Waals surface area contributed by atoms with Gasteiger partial charge in [0, 0.05) is 42.3 Å². The minimum atomic E-state index is -0.274. The molecule has 0 radical (unpaired) electrons. The number of aromatic nitrogens is 3. The van der Waals surface area contributed by atoms with E-state index in [4.69, 9.17) is 5.10 Å². The zero-order valence-corrected chi connectivity index (χ0v) is 17.5. The fourth-order valence-corrected chi connectivity index (χ4v) is 3.38. The second-order valence-corrected chi connectivity index (χ2v) is 7.36. The summed E-state index contributed by atoms with van der Waals surface area (Å²) in [5.41, 5.74) is 4.45. The lowest BCUT2D eigenvalue weighted by Crippen LogP contribution is -2.23. The van der Waals surface area contributed by atoms with Crippen molar-refractivity contribution in [2.45, 2.75) is 13.0 Å². The number of hydrogen-bond donors (Lipinski definition) is 1. The van der Waals surface area contributed by atoms with Gasteiger partial charge in [-0.05, 0) is 47.9 Å². The van der Waals surface area contributed by atoms with Crippen LogP contribution in [0.2, 0.25) is 0 Å². The molecule has 160 valence electrons. The Morgan fingerprint density at radius 3 is 2.66 bits per heavy atom. The molecular formula is C26H23FN4O. The number of amides is 1. The Morgan fingerprint density at radius 1 is 1.03 bits per heavy atom. The number of nitrogens with one attached hydrogen (secondary N) is 1. The Hall–Kier alpha value is -4.06. The minimum absolute atomic E-state index is 0.214. The maximum Gasteiger partial charge on any atom is 0.244 e. The lowest BCUT2D eigenvalue weighted by atomic mass is 10.1. The van der Waals surface area contributed by atoms with Crippen molar-refractivity contribution in [1.29, 1.82) is 0 Å². The number of pyridine rings is 1. The molecule has 0 atom stereocenters. The zero-order valence-electron chi connectivity index (χ0n) is 17.5. The van der Waals surface area contributed by atoms with Crippen LogP contribution in [0.4, 0.5) is 4.39 Å². The topological polar surface area (TPSA) is 59.8 Å². The molecule has 32 heavy (non-hydrogen) atoms. The fourth-order valence-electron chi connectivity index (χ4n) is 3.38. The molecule has 0 saturated carbocycles. The van der Waals surface area contributed by atoms with Crippen LogP contribution in [0.1, 0.15) is 16.7 Å². The third-order valence-corrected chi connectivity index (χ3v) is 4.93. The van der Waals surface area contributed by atoms with Gasteiger partial charge in [-0.1, -0.05) is 42.5 Å². The van der Waals surface area contributed by atoms with Gasteiger partial charge in [0.05, 0.1) is 6.54 Å². The smallest absolute Gasteiger partial charge is 0.244 e. The van der Waals surface area contributed by atoms with Crippen molar-refractivity contribution < 1.29 is 9.18 Å². The first-order chi connectivity index (χ1) is 15.7. The summed E-state index contributed by atoms with van der Waals surface area (Å²) >= 11 is 0. The Morgan fingerprint density at radius 2 is 1.88 bits per heavy atom. The lowest BCUT2D eigenvalue weighted by molar-refractivity contribution is -0.116. The second kappa shape index (κ2) is 10.3. The predicted molar refractivity (Wildman–Crippen MR) is 123 cm³/mol. The average molecular weight is 426 g/mol. The highest BCUT2D eigenvalue weighted by Gasteiger charge is 2.10. The van der Waals surface area contributed by atoms with Crippen molar-refractivity contribution in [2.24, 2.45) is 0 Å². The summed E-state index contributed by atoms with van der Waals surface area (Å²) in [6.07, 6.45) is 9.21. The van der Waals surface area contributed by atoms with Crippen molar-refractivity contribution in [2.75, 3.05) is 6.54 Å². The number of carbonyl (C=O) groups is 1. The van der Waals surface area contributed by atoms with Gasteiger partial charge in [-0.25, -0.2) is 4.39 Å². The summed E-state index contributed by atoms with van der Waals surface area (Å²) in [5.74, 6) is -0.487. The molecule has 0 aliphatic rings. The summed E-state index contributed by atoms with van der Waals surface area (Å²) in [4.78, 5) is 16.5. The fraction of sp³-hybridized carbons (Fsp3) is 0.115. The van der Waals surface area contributed by atoms with Crippen LogP contribution in [-0.4, -0.2) is 27.2 Å². The molecule has 1 amide bonds. The second-order valence-electron chi connectivity index (χ2n) is 7.36. The van der Waals surface area contributed by atoms with Crippen LogP contribution in [0.5, 0.6) is 0 Å². The third-order valence-electron chi connectivity index (χ3n) is 4.93. The molecule has 5 nitrogen and oxygen atoms in total. The Balaban J connectivity index is 1.46. The van der Waals surface area contributed by atoms with E-state index in [1.54, 1.807) is 24.5 Å². The normalized spacial score (nSPS) is 11.0. The molecule has 6 heteroatoms. The van der Waals surface area contributed by atoms with Crippen LogP contribution >= 0.6 is 0 Å². The summed E-state index contributed by atoms with van der Waals surface area (Å²) in [6.45, 7) is 1.05. The summed E-state index contributed by atoms with van der Waals surface area (Å²) in [6, 6.07) is 20.3. The molecule has 0 bridgehead atoms. The van der Waals surface area contributed by atoms with E-state index in [0.717, 1.165) is 27.9 Å². The summed E-state index contributed by atoms with van der Waals surface area (Å²) < 4.78 is 15.1. The third kappa shape index (κ3) is 5.76. The Kier molecular flexibility index (Phi) is 6.82. The van der Waals surface area contributed by atoms with Crippen LogP contribution in [0.25, 0.3) is 17.3 Å². The molecule has 2 aromatic carbocycles. The summed E-state index contributed by atoms with van der Waals surface area (Å²) in [7, 11) is 0. The maximum atomic E-state index is 13.3. The van der Waals surface area contributed by atoms with Gasteiger partial charge in [0.25, 0.3) is 0 Å². The largest absolute Gasteiger partial charge is 0.352 e. The van der Waals surface area contributed by atoms with Gasteiger partial charge in [-0.2, -0.15) is 5.10 Å². The van der Waals surface area contributed by atoms with E-state index in [1.165, 1.54) is 18.2 Å². The van der Waals surface area contributed by atoms with Crippen molar-refractivity contribution in [3.8, 4) is 11.3 Å². The number of rotatable bonds is 8. The molecule has 1 N–H and O–H groups in total. The summed E-state index contributed by atoms with van der Waals surface area (Å²) in [5, 5.41) is 7.56. The van der Waals surface area contributed by atoms with Crippen LogP contribution < -0.4 is 5.32 Å². The molecule has 0 unspecified atom stereocenters. The number of carbonyl (C=O) groups excluding carboxylic acids is 1. The van der Waals surface area contributed by atoms with Crippen LogP contribution in [-0.2, 0) is 17.8 Å². The van der Waals surface area contributed by atoms with E-state index in [-0.39, 0.29) is 11.7 Å². The minimum Gasteiger partial charge on any atom is -0.352 e. The number of hydrogen-bond acceptors (Lipinski definition) is 3. The highest BCUT2D eigenvalue weighted by atomic mass is 19.1. The van der Waals surface area contributed by atoms with Gasteiger partial charge in [0.2, 0.25) is 5.91 Å². The molecular weight excluding hydrogens is 403 g/mol. The SMILES string of the molecule is O=C(C=Cc1cn(Cc2ccccc2)nc1-c1cccnc1)NCCc1cccc(F)c1. The van der Waals surface area contributed by atoms with Gasteiger partial charge < -0.3 is 5.32 Å². The highest BCUT2D eigenvalue weighted by Crippen LogP contribution is 2.23. The Bertz CT molecular complexity index is 1200. The maximum absolute atomic E-state index is 13.3. The monoisotopic (exact) mass is 426 g/mol. The Labute approximate surface area is 186 Å². The van der Waals surface area contributed by atoms with E-state index in [2.05, 4.69) is 10.3 Å². The van der Waals surface area contributed by atoms with Gasteiger partial charge in [0.15, 0.2) is 0 Å². The van der Waals surface area contributed by atoms with E-state index >= 15 is 0 Å². The van der Waals surface area contributed by atoms with Gasteiger partial charge >= 0.3 is 0 Å². The van der Waals surface area contributed by atoms with E-state index in [0.29, 0.717) is 19.5 Å². The molecule has 0 aliphatic heterocycles. The first kappa shape index (κ1) is 21.2. The zero-order chi connectivity index (χ0) is 22.2. The van der Waals surface area contributed by atoms with Crippen LogP contribution in [0.3, 0.4) is 0 Å². The first-order valence-corrected chi connectivity index (χ1v) is 10.4. The van der Waals surface area contributed by atoms with Crippen molar-refractivity contribution in [3.05, 3.63) is 114 Å². The molecule has 0 spiro atoms. The van der Waals surface area contributed by atoms with E-state index in [1.807, 2.05) is 59.4 Å². The number of nitrogens with zero attached hydrogens (tertiary/aromatic N) is 3. The van der Waals surface area contributed by atoms with Crippen molar-refractivity contribution >= 4 is 12.0 Å². The molecule has 0 saturated heterocycles. The number of halogens is 1. The number of benzene rings is 2. The molecule has 0 fully saturated rings. The predicted octanol–water partition coefficient (Wildman–Crippen LogP) is 4.50. The van der Waals surface area contributed by atoms with Gasteiger partial charge in [0.1, 0.15) is 11.5 Å². The van der Waals surface area contributed by atoms with Crippen molar-refractivity contribution in [1.82, 2.24) is 20.1 Å². The molecule has 4 aromatic rings. The molecule has 2 aromatic heterocycles. The van der Waals surface area contributed by atoms with Crippen LogP contribution in [0, 0.1) is 5.82 Å². The molecule has 0 aliphatic carbocycles. The van der Waals surface area contributed by atoms with Crippen molar-refractivity contribution in [3.63, 3.8) is 0 Å². The molecule has 2 heterocycles. The average Bonchev–Trinajstić information content (AvgIpc) is 3.21. The van der Waals surface area contributed by atoms with Gasteiger partial charge in [-0.15, -0.1) is 0 Å². The lowest BCUT2D eigenvalue weighted by Gasteiger charge is -2.03. The molecule has 4 rings (SSSR count). The van der Waals surface area contributed by atoms with Gasteiger partial charge in [-0.3, -0.25) is 14.5 Å². The quantitative estimate of drug-likeness (QED) is 0.422. The van der Waals surface area contributed by atoms with Crippen LogP contribution in [0.15, 0.2) is 91.4 Å².